The van der Waals surface area contributed by atoms with Gasteiger partial charge in [-0.15, -0.1) is 0 Å². The maximum absolute atomic E-state index is 11.9. The van der Waals surface area contributed by atoms with Crippen molar-refractivity contribution in [3.8, 4) is 0 Å². The van der Waals surface area contributed by atoms with E-state index in [1.807, 2.05) is 24.3 Å². The zero-order chi connectivity index (χ0) is 28.2. The Kier molecular flexibility index (Phi) is 7.77. The molecule has 0 radical (unpaired) electrons. The quantitative estimate of drug-likeness (QED) is 0.462. The Labute approximate surface area is 233 Å². The second kappa shape index (κ2) is 11.6. The van der Waals surface area contributed by atoms with Crippen LogP contribution in [0.25, 0.3) is 0 Å². The van der Waals surface area contributed by atoms with Crippen LogP contribution < -0.4 is 0 Å². The number of carbonyl (C=O) groups excluding carboxylic acids is 4. The highest BCUT2D eigenvalue weighted by atomic mass is 16.2. The molecule has 2 aliphatic carbocycles. The summed E-state index contributed by atoms with van der Waals surface area (Å²) in [6.45, 7) is 4.36. The minimum Gasteiger partial charge on any atom is -0.267 e. The predicted octanol–water partition coefficient (Wildman–Crippen LogP) is 4.38. The third-order valence-electron chi connectivity index (χ3n) is 7.34. The number of imide groups is 2. The van der Waals surface area contributed by atoms with Gasteiger partial charge in [-0.25, -0.2) is 0 Å². The van der Waals surface area contributed by atoms with Crippen molar-refractivity contribution in [2.24, 2.45) is 22.0 Å². The minimum atomic E-state index is -0.418. The van der Waals surface area contributed by atoms with Gasteiger partial charge in [0.25, 0.3) is 23.6 Å². The van der Waals surface area contributed by atoms with E-state index in [1.165, 1.54) is 46.6 Å². The lowest BCUT2D eigenvalue weighted by Crippen LogP contribution is -2.26. The molecule has 4 aliphatic rings. The van der Waals surface area contributed by atoms with Crippen molar-refractivity contribution in [2.45, 2.75) is 39.5 Å². The summed E-state index contributed by atoms with van der Waals surface area (Å²) in [7, 11) is 0. The molecular formula is C32H30N4O4. The monoisotopic (exact) mass is 534 g/mol. The van der Waals surface area contributed by atoms with Crippen molar-refractivity contribution in [3.63, 3.8) is 0 Å². The minimum absolute atomic E-state index is 0.251. The lowest BCUT2D eigenvalue weighted by atomic mass is 9.85. The lowest BCUT2D eigenvalue weighted by Gasteiger charge is -2.21. The smallest absolute Gasteiger partial charge is 0.267 e. The van der Waals surface area contributed by atoms with Crippen LogP contribution in [-0.4, -0.2) is 45.1 Å². The van der Waals surface area contributed by atoms with Crippen molar-refractivity contribution in [1.29, 1.82) is 0 Å². The first kappa shape index (κ1) is 26.9. The second-order valence-electron chi connectivity index (χ2n) is 10.4. The maximum atomic E-state index is 11.9. The largest absolute Gasteiger partial charge is 0.274 e. The fourth-order valence-electron chi connectivity index (χ4n) is 5.13. The van der Waals surface area contributed by atoms with Crippen LogP contribution in [0.1, 0.15) is 37.8 Å². The zero-order valence-corrected chi connectivity index (χ0v) is 22.5. The molecule has 8 heteroatoms. The van der Waals surface area contributed by atoms with Crippen LogP contribution in [0, 0.1) is 11.8 Å². The molecule has 0 spiro atoms. The standard InChI is InChI=1S/C32H30N4O4/c1-21(25-8-4-10-27(19-25)33-35-29(37)12-13-30(35)38)16-23-6-3-7-24(18-23)17-22(2)26-9-5-11-28(20-26)34-36-31(39)14-15-32(36)40/h3-15,18,21-22H,16-17,19-20H2,1-2H3. The van der Waals surface area contributed by atoms with Gasteiger partial charge in [0, 0.05) is 37.1 Å². The number of hydrazone groups is 2. The average Bonchev–Trinajstić information content (AvgIpc) is 3.44. The summed E-state index contributed by atoms with van der Waals surface area (Å²) >= 11 is 0. The molecule has 8 nitrogen and oxygen atoms in total. The highest BCUT2D eigenvalue weighted by molar-refractivity contribution is 6.14. The van der Waals surface area contributed by atoms with Crippen LogP contribution in [-0.2, 0) is 32.0 Å². The van der Waals surface area contributed by atoms with Crippen LogP contribution in [0.3, 0.4) is 0 Å². The van der Waals surface area contributed by atoms with E-state index in [0.717, 1.165) is 22.9 Å². The molecule has 0 saturated heterocycles. The number of benzene rings is 1. The molecule has 1 aromatic carbocycles. The van der Waals surface area contributed by atoms with Gasteiger partial charge in [-0.05, 0) is 48.0 Å². The van der Waals surface area contributed by atoms with E-state index in [9.17, 15) is 19.2 Å². The van der Waals surface area contributed by atoms with Crippen molar-refractivity contribution >= 4 is 35.1 Å². The molecule has 2 aliphatic heterocycles. The zero-order valence-electron chi connectivity index (χ0n) is 22.5. The van der Waals surface area contributed by atoms with Gasteiger partial charge in [-0.3, -0.25) is 19.2 Å². The molecule has 2 unspecified atom stereocenters. The summed E-state index contributed by atoms with van der Waals surface area (Å²) in [6.07, 6.45) is 19.5. The summed E-state index contributed by atoms with van der Waals surface area (Å²) in [5.41, 5.74) is 6.23. The van der Waals surface area contributed by atoms with Crippen molar-refractivity contribution in [3.05, 3.63) is 107 Å². The van der Waals surface area contributed by atoms with Gasteiger partial charge >= 0.3 is 0 Å². The van der Waals surface area contributed by atoms with Crippen LogP contribution in [0.2, 0.25) is 0 Å². The molecule has 0 saturated carbocycles. The van der Waals surface area contributed by atoms with Gasteiger partial charge in [0.1, 0.15) is 0 Å². The summed E-state index contributed by atoms with van der Waals surface area (Å²) in [5.74, 6) is -1.17. The molecule has 2 atom stereocenters. The van der Waals surface area contributed by atoms with E-state index in [0.29, 0.717) is 24.3 Å². The van der Waals surface area contributed by atoms with Gasteiger partial charge in [-0.1, -0.05) is 73.6 Å². The van der Waals surface area contributed by atoms with Crippen LogP contribution >= 0.6 is 0 Å². The molecule has 0 aromatic heterocycles. The Morgan fingerprint density at radius 1 is 0.650 bits per heavy atom. The maximum Gasteiger partial charge on any atom is 0.274 e. The molecule has 1 aromatic rings. The average molecular weight is 535 g/mol. The van der Waals surface area contributed by atoms with Gasteiger partial charge < -0.3 is 0 Å². The van der Waals surface area contributed by atoms with Gasteiger partial charge in [0.2, 0.25) is 0 Å². The lowest BCUT2D eigenvalue weighted by molar-refractivity contribution is -0.138. The van der Waals surface area contributed by atoms with Crippen LogP contribution in [0.4, 0.5) is 0 Å². The summed E-state index contributed by atoms with van der Waals surface area (Å²) in [4.78, 5) is 47.5. The number of amides is 4. The third-order valence-corrected chi connectivity index (χ3v) is 7.34. The Morgan fingerprint density at radius 2 is 1.05 bits per heavy atom. The van der Waals surface area contributed by atoms with Crippen molar-refractivity contribution in [1.82, 2.24) is 10.0 Å². The molecule has 0 bridgehead atoms. The number of carbonyl (C=O) groups is 4. The first-order valence-electron chi connectivity index (χ1n) is 13.4. The van der Waals surface area contributed by atoms with Crippen LogP contribution in [0.15, 0.2) is 106 Å². The number of allylic oxidation sites excluding steroid dienone is 8. The van der Waals surface area contributed by atoms with E-state index in [1.54, 1.807) is 0 Å². The Morgan fingerprint density at radius 3 is 1.45 bits per heavy atom. The summed E-state index contributed by atoms with van der Waals surface area (Å²) < 4.78 is 0. The first-order valence-corrected chi connectivity index (χ1v) is 13.4. The van der Waals surface area contributed by atoms with E-state index in [2.05, 4.69) is 60.5 Å². The fraction of sp³-hybridized carbons (Fsp3) is 0.250. The Hall–Kier alpha value is -4.72. The van der Waals surface area contributed by atoms with E-state index >= 15 is 0 Å². The Bertz CT molecular complexity index is 1370. The summed E-state index contributed by atoms with van der Waals surface area (Å²) in [6, 6.07) is 8.61. The highest BCUT2D eigenvalue weighted by Crippen LogP contribution is 2.27. The molecule has 40 heavy (non-hydrogen) atoms. The molecule has 202 valence electrons. The predicted molar refractivity (Wildman–Crippen MR) is 153 cm³/mol. The van der Waals surface area contributed by atoms with E-state index in [4.69, 9.17) is 0 Å². The van der Waals surface area contributed by atoms with Gasteiger partial charge in [0.05, 0.1) is 11.4 Å². The molecule has 2 heterocycles. The van der Waals surface area contributed by atoms with Crippen molar-refractivity contribution in [2.75, 3.05) is 0 Å². The molecular weight excluding hydrogens is 504 g/mol. The molecule has 4 amide bonds. The normalized spacial score (nSPS) is 22.1. The Balaban J connectivity index is 1.19. The number of hydrogen-bond donors (Lipinski definition) is 0. The topological polar surface area (TPSA) is 99.5 Å². The molecule has 0 N–H and O–H groups in total. The van der Waals surface area contributed by atoms with Crippen molar-refractivity contribution < 1.29 is 19.2 Å². The van der Waals surface area contributed by atoms with Gasteiger partial charge in [0.15, 0.2) is 0 Å². The number of hydrogen-bond acceptors (Lipinski definition) is 6. The first-order chi connectivity index (χ1) is 19.3. The SMILES string of the molecule is CC(Cc1cccc(CC(C)C2=CC=CC(=NN3C(=O)C=CC3=O)C2)c1)C1=CC=CC(=NN2C(=O)C=CC2=O)C1. The molecule has 5 rings (SSSR count). The number of rotatable bonds is 8. The summed E-state index contributed by atoms with van der Waals surface area (Å²) in [5, 5.41) is 10.4. The van der Waals surface area contributed by atoms with E-state index in [-0.39, 0.29) is 11.8 Å². The fourth-order valence-corrected chi connectivity index (χ4v) is 5.13. The second-order valence-corrected chi connectivity index (χ2v) is 10.4. The number of nitrogens with zero attached hydrogens (tertiary/aromatic N) is 4. The van der Waals surface area contributed by atoms with Crippen LogP contribution in [0.5, 0.6) is 0 Å². The van der Waals surface area contributed by atoms with E-state index < -0.39 is 23.6 Å². The highest BCUT2D eigenvalue weighted by Gasteiger charge is 2.25. The van der Waals surface area contributed by atoms with Gasteiger partial charge in [-0.2, -0.15) is 20.2 Å². The third kappa shape index (κ3) is 6.12. The molecule has 0 fully saturated rings.